The van der Waals surface area contributed by atoms with Crippen molar-refractivity contribution in [1.29, 1.82) is 0 Å². The van der Waals surface area contributed by atoms with E-state index in [0.29, 0.717) is 43.1 Å². The first-order chi connectivity index (χ1) is 13.1. The Bertz CT molecular complexity index is 974. The van der Waals surface area contributed by atoms with E-state index in [4.69, 9.17) is 9.84 Å². The van der Waals surface area contributed by atoms with Crippen molar-refractivity contribution >= 4 is 22.9 Å². The normalized spacial score (nSPS) is 17.2. The van der Waals surface area contributed by atoms with E-state index < -0.39 is 6.09 Å². The summed E-state index contributed by atoms with van der Waals surface area (Å²) < 4.78 is 7.38. The SMILES string of the molecule is Cn1cc(-c2cc3nccnc3c(NC[C@@H]3CN(C(=O)O)CCO3)n2)cn1. The molecule has 27 heavy (non-hydrogen) atoms. The average molecular weight is 369 g/mol. The van der Waals surface area contributed by atoms with E-state index in [1.165, 1.54) is 4.90 Å². The minimum absolute atomic E-state index is 0.259. The third-order valence-corrected chi connectivity index (χ3v) is 4.36. The molecule has 0 aromatic carbocycles. The van der Waals surface area contributed by atoms with Gasteiger partial charge in [-0.2, -0.15) is 5.10 Å². The quantitative estimate of drug-likeness (QED) is 0.705. The number of morpholine rings is 1. The molecule has 1 saturated heterocycles. The number of pyridine rings is 1. The predicted molar refractivity (Wildman–Crippen MR) is 97.4 cm³/mol. The second-order valence-electron chi connectivity index (χ2n) is 6.29. The zero-order valence-electron chi connectivity index (χ0n) is 14.7. The maximum Gasteiger partial charge on any atom is 0.407 e. The van der Waals surface area contributed by atoms with E-state index in [-0.39, 0.29) is 6.10 Å². The van der Waals surface area contributed by atoms with Crippen LogP contribution in [0.3, 0.4) is 0 Å². The Morgan fingerprint density at radius 3 is 3.04 bits per heavy atom. The molecule has 3 aromatic heterocycles. The number of carbonyl (C=O) groups is 1. The summed E-state index contributed by atoms with van der Waals surface area (Å²) in [5.74, 6) is 0.579. The highest BCUT2D eigenvalue weighted by atomic mass is 16.5. The van der Waals surface area contributed by atoms with Gasteiger partial charge in [-0.15, -0.1) is 0 Å². The van der Waals surface area contributed by atoms with Gasteiger partial charge in [0.2, 0.25) is 0 Å². The Hall–Kier alpha value is -3.27. The Morgan fingerprint density at radius 1 is 1.41 bits per heavy atom. The van der Waals surface area contributed by atoms with Crippen LogP contribution in [0.15, 0.2) is 30.9 Å². The number of fused-ring (bicyclic) bond motifs is 1. The van der Waals surface area contributed by atoms with Gasteiger partial charge >= 0.3 is 6.09 Å². The molecule has 1 aliphatic rings. The highest BCUT2D eigenvalue weighted by Gasteiger charge is 2.24. The number of aryl methyl sites for hydroxylation is 1. The summed E-state index contributed by atoms with van der Waals surface area (Å²) in [6, 6.07) is 1.87. The number of amides is 1. The van der Waals surface area contributed by atoms with Gasteiger partial charge in [0.25, 0.3) is 0 Å². The lowest BCUT2D eigenvalue weighted by Crippen LogP contribution is -2.47. The number of hydrogen-bond acceptors (Lipinski definition) is 7. The Balaban J connectivity index is 1.59. The molecule has 1 amide bonds. The lowest BCUT2D eigenvalue weighted by atomic mass is 10.2. The topological polar surface area (TPSA) is 118 Å². The first-order valence-corrected chi connectivity index (χ1v) is 8.54. The zero-order chi connectivity index (χ0) is 18.8. The summed E-state index contributed by atoms with van der Waals surface area (Å²) in [7, 11) is 1.85. The second kappa shape index (κ2) is 7.16. The molecule has 3 aromatic rings. The minimum atomic E-state index is -0.934. The summed E-state index contributed by atoms with van der Waals surface area (Å²) in [6.07, 6.45) is 5.67. The van der Waals surface area contributed by atoms with Gasteiger partial charge in [-0.05, 0) is 6.07 Å². The van der Waals surface area contributed by atoms with Gasteiger partial charge in [0.1, 0.15) is 5.52 Å². The van der Waals surface area contributed by atoms with Crippen molar-refractivity contribution < 1.29 is 14.6 Å². The molecular weight excluding hydrogens is 350 g/mol. The molecule has 0 aliphatic carbocycles. The van der Waals surface area contributed by atoms with Crippen molar-refractivity contribution in [2.24, 2.45) is 7.05 Å². The fourth-order valence-corrected chi connectivity index (χ4v) is 3.02. The largest absolute Gasteiger partial charge is 0.465 e. The lowest BCUT2D eigenvalue weighted by Gasteiger charge is -2.31. The van der Waals surface area contributed by atoms with Crippen LogP contribution in [0.25, 0.3) is 22.3 Å². The summed E-state index contributed by atoms with van der Waals surface area (Å²) in [5.41, 5.74) is 2.97. The van der Waals surface area contributed by atoms with E-state index >= 15 is 0 Å². The standard InChI is InChI=1S/C17H19N7O3/c1-23-9-11(7-21-23)13-6-14-15(19-3-2-18-14)16(22-13)20-8-12-10-24(17(25)26)4-5-27-12/h2-3,6-7,9,12H,4-5,8,10H2,1H3,(H,20,22)(H,25,26)/t12-/m1/s1. The van der Waals surface area contributed by atoms with Crippen LogP contribution < -0.4 is 5.32 Å². The first kappa shape index (κ1) is 17.2. The summed E-state index contributed by atoms with van der Waals surface area (Å²) in [6.45, 7) is 1.49. The van der Waals surface area contributed by atoms with Crippen LogP contribution in [0, 0.1) is 0 Å². The molecule has 0 radical (unpaired) electrons. The van der Waals surface area contributed by atoms with Crippen LogP contribution in [0.1, 0.15) is 0 Å². The number of anilines is 1. The fourth-order valence-electron chi connectivity index (χ4n) is 3.02. The molecule has 1 aliphatic heterocycles. The number of ether oxygens (including phenoxy) is 1. The summed E-state index contributed by atoms with van der Waals surface area (Å²) in [5, 5.41) is 16.6. The van der Waals surface area contributed by atoms with E-state index in [1.54, 1.807) is 23.3 Å². The van der Waals surface area contributed by atoms with Gasteiger partial charge in [-0.25, -0.2) is 14.8 Å². The molecule has 2 N–H and O–H groups in total. The fraction of sp³-hybridized carbons (Fsp3) is 0.353. The zero-order valence-corrected chi connectivity index (χ0v) is 14.7. The highest BCUT2D eigenvalue weighted by molar-refractivity contribution is 5.88. The molecule has 0 bridgehead atoms. The molecule has 1 atom stereocenters. The molecule has 10 nitrogen and oxygen atoms in total. The molecule has 10 heteroatoms. The minimum Gasteiger partial charge on any atom is -0.465 e. The van der Waals surface area contributed by atoms with E-state index in [9.17, 15) is 4.79 Å². The maximum atomic E-state index is 11.2. The van der Waals surface area contributed by atoms with Crippen LogP contribution in [0.2, 0.25) is 0 Å². The van der Waals surface area contributed by atoms with Gasteiger partial charge in [-0.1, -0.05) is 0 Å². The summed E-state index contributed by atoms with van der Waals surface area (Å²) in [4.78, 5) is 25.9. The van der Waals surface area contributed by atoms with Crippen molar-refractivity contribution in [2.45, 2.75) is 6.10 Å². The molecule has 4 rings (SSSR count). The third kappa shape index (κ3) is 3.65. The lowest BCUT2D eigenvalue weighted by molar-refractivity contribution is -0.0147. The first-order valence-electron chi connectivity index (χ1n) is 8.54. The molecule has 140 valence electrons. The van der Waals surface area contributed by atoms with Crippen molar-refractivity contribution in [3.63, 3.8) is 0 Å². The molecule has 0 saturated carbocycles. The number of nitrogens with one attached hydrogen (secondary N) is 1. The van der Waals surface area contributed by atoms with Crippen molar-refractivity contribution in [2.75, 3.05) is 31.6 Å². The number of rotatable bonds is 4. The van der Waals surface area contributed by atoms with Crippen LogP contribution >= 0.6 is 0 Å². The third-order valence-electron chi connectivity index (χ3n) is 4.36. The number of carboxylic acid groups (broad SMARTS) is 1. The molecule has 0 spiro atoms. The Kier molecular flexibility index (Phi) is 4.55. The monoisotopic (exact) mass is 369 g/mol. The average Bonchev–Trinajstić information content (AvgIpc) is 3.12. The molecule has 0 unspecified atom stereocenters. The van der Waals surface area contributed by atoms with Crippen LogP contribution in [-0.2, 0) is 11.8 Å². The van der Waals surface area contributed by atoms with Crippen LogP contribution in [0.4, 0.5) is 10.6 Å². The Morgan fingerprint density at radius 2 is 2.26 bits per heavy atom. The number of nitrogens with zero attached hydrogens (tertiary/aromatic N) is 6. The van der Waals surface area contributed by atoms with Crippen LogP contribution in [-0.4, -0.2) is 73.2 Å². The van der Waals surface area contributed by atoms with Crippen molar-refractivity contribution in [1.82, 2.24) is 29.6 Å². The highest BCUT2D eigenvalue weighted by Crippen LogP contribution is 2.25. The van der Waals surface area contributed by atoms with Gasteiger partial charge < -0.3 is 20.1 Å². The number of aromatic nitrogens is 5. The second-order valence-corrected chi connectivity index (χ2v) is 6.29. The Labute approximate surface area is 154 Å². The van der Waals surface area contributed by atoms with E-state index in [1.807, 2.05) is 19.3 Å². The van der Waals surface area contributed by atoms with Crippen molar-refractivity contribution in [3.8, 4) is 11.3 Å². The summed E-state index contributed by atoms with van der Waals surface area (Å²) >= 11 is 0. The molecular formula is C17H19N7O3. The van der Waals surface area contributed by atoms with Crippen LogP contribution in [0.5, 0.6) is 0 Å². The van der Waals surface area contributed by atoms with Gasteiger partial charge in [-0.3, -0.25) is 9.67 Å². The van der Waals surface area contributed by atoms with Gasteiger partial charge in [0.05, 0.1) is 36.7 Å². The molecule has 4 heterocycles. The van der Waals surface area contributed by atoms with Crippen molar-refractivity contribution in [3.05, 3.63) is 30.9 Å². The van der Waals surface area contributed by atoms with E-state index in [0.717, 1.165) is 11.3 Å². The predicted octanol–water partition coefficient (Wildman–Crippen LogP) is 1.22. The molecule has 1 fully saturated rings. The van der Waals surface area contributed by atoms with Gasteiger partial charge in [0.15, 0.2) is 5.82 Å². The van der Waals surface area contributed by atoms with Gasteiger partial charge in [0, 0.05) is 44.3 Å². The smallest absolute Gasteiger partial charge is 0.407 e. The van der Waals surface area contributed by atoms with E-state index in [2.05, 4.69) is 25.4 Å². The number of hydrogen-bond donors (Lipinski definition) is 2. The maximum absolute atomic E-state index is 11.2.